The first-order valence-corrected chi connectivity index (χ1v) is 5.01. The molecule has 10 nitrogen and oxygen atoms in total. The maximum absolute atomic E-state index is 8.63. The molecule has 0 unspecified atom stereocenters. The Morgan fingerprint density at radius 3 is 0.944 bits per heavy atom. The van der Waals surface area contributed by atoms with E-state index in [9.17, 15) is 0 Å². The summed E-state index contributed by atoms with van der Waals surface area (Å²) in [6.45, 7) is 5.75. The fourth-order valence-corrected chi connectivity index (χ4v) is 0.824. The molecule has 0 aliphatic rings. The van der Waals surface area contributed by atoms with Gasteiger partial charge in [-0.3, -0.25) is 0 Å². The first-order chi connectivity index (χ1) is 8.34. The van der Waals surface area contributed by atoms with Crippen LogP contribution in [0.4, 0.5) is 0 Å². The third-order valence-electron chi connectivity index (χ3n) is 2.20. The summed E-state index contributed by atoms with van der Waals surface area (Å²) in [6, 6.07) is 0. The van der Waals surface area contributed by atoms with Gasteiger partial charge in [0.05, 0.1) is 0 Å². The van der Waals surface area contributed by atoms with Gasteiger partial charge in [0, 0.05) is 11.8 Å². The standard InChI is InChI=1S/C8H18O10/c1-5(2)7(13-9,14-10)17-18-8(15-11,16-12)6(3)4/h5-6,9-12H,1-4H3. The van der Waals surface area contributed by atoms with Crippen molar-refractivity contribution in [2.24, 2.45) is 11.8 Å². The van der Waals surface area contributed by atoms with Crippen LogP contribution < -0.4 is 0 Å². The molecule has 0 aromatic heterocycles. The van der Waals surface area contributed by atoms with Gasteiger partial charge in [-0.05, 0) is 0 Å². The summed E-state index contributed by atoms with van der Waals surface area (Å²) in [4.78, 5) is 24.2. The number of hydrogen-bond donors (Lipinski definition) is 4. The number of hydrogen-bond acceptors (Lipinski definition) is 10. The Morgan fingerprint density at radius 1 is 0.611 bits per heavy atom. The summed E-state index contributed by atoms with van der Waals surface area (Å²) in [5.74, 6) is -6.35. The average Bonchev–Trinajstić information content (AvgIpc) is 2.35. The van der Waals surface area contributed by atoms with Crippen molar-refractivity contribution in [3.05, 3.63) is 0 Å². The Morgan fingerprint density at radius 2 is 0.833 bits per heavy atom. The average molecular weight is 274 g/mol. The first kappa shape index (κ1) is 17.6. The Bertz CT molecular complexity index is 198. The van der Waals surface area contributed by atoms with Crippen molar-refractivity contribution in [3.63, 3.8) is 0 Å². The highest BCUT2D eigenvalue weighted by atomic mass is 17.4. The second-order valence-corrected chi connectivity index (χ2v) is 4.05. The van der Waals surface area contributed by atoms with E-state index in [1.165, 1.54) is 27.7 Å². The summed E-state index contributed by atoms with van der Waals surface area (Å²) < 4.78 is 0. The SMILES string of the molecule is CC(C)C(OO)(OO)OOC(OO)(OO)C(C)C. The van der Waals surface area contributed by atoms with Crippen molar-refractivity contribution in [3.8, 4) is 0 Å². The molecule has 0 aliphatic carbocycles. The molecule has 0 rings (SSSR count). The van der Waals surface area contributed by atoms with E-state index in [2.05, 4.69) is 29.3 Å². The maximum Gasteiger partial charge on any atom is 0.367 e. The van der Waals surface area contributed by atoms with Gasteiger partial charge in [-0.25, -0.2) is 21.0 Å². The monoisotopic (exact) mass is 274 g/mol. The van der Waals surface area contributed by atoms with E-state index in [1.807, 2.05) is 0 Å². The molecule has 0 saturated carbocycles. The van der Waals surface area contributed by atoms with E-state index in [4.69, 9.17) is 21.0 Å². The zero-order valence-electron chi connectivity index (χ0n) is 10.4. The summed E-state index contributed by atoms with van der Waals surface area (Å²) >= 11 is 0. The van der Waals surface area contributed by atoms with Gasteiger partial charge < -0.3 is 0 Å². The van der Waals surface area contributed by atoms with Gasteiger partial charge in [0.15, 0.2) is 0 Å². The van der Waals surface area contributed by atoms with Crippen LogP contribution in [-0.2, 0) is 29.3 Å². The van der Waals surface area contributed by atoms with Crippen molar-refractivity contribution in [1.29, 1.82) is 0 Å². The van der Waals surface area contributed by atoms with Crippen LogP contribution in [0.2, 0.25) is 0 Å². The Balaban J connectivity index is 4.87. The molecular formula is C8H18O10. The molecule has 0 bridgehead atoms. The lowest BCUT2D eigenvalue weighted by molar-refractivity contribution is -0.702. The normalized spacial score (nSPS) is 13.7. The largest absolute Gasteiger partial charge is 0.367 e. The lowest BCUT2D eigenvalue weighted by Crippen LogP contribution is -2.49. The Kier molecular flexibility index (Phi) is 7.09. The fourth-order valence-electron chi connectivity index (χ4n) is 0.824. The van der Waals surface area contributed by atoms with Crippen molar-refractivity contribution < 1.29 is 50.4 Å². The van der Waals surface area contributed by atoms with Crippen molar-refractivity contribution >= 4 is 0 Å². The zero-order valence-corrected chi connectivity index (χ0v) is 10.4. The zero-order chi connectivity index (χ0) is 14.4. The minimum atomic E-state index is -2.42. The van der Waals surface area contributed by atoms with Crippen LogP contribution in [0.3, 0.4) is 0 Å². The second-order valence-electron chi connectivity index (χ2n) is 4.05. The highest BCUT2D eigenvalue weighted by molar-refractivity contribution is 4.60. The van der Waals surface area contributed by atoms with E-state index in [1.54, 1.807) is 0 Å². The predicted molar refractivity (Wildman–Crippen MR) is 52.2 cm³/mol. The van der Waals surface area contributed by atoms with Gasteiger partial charge >= 0.3 is 11.9 Å². The van der Waals surface area contributed by atoms with Crippen LogP contribution in [0, 0.1) is 11.8 Å². The summed E-state index contributed by atoms with van der Waals surface area (Å²) in [7, 11) is 0. The minimum absolute atomic E-state index is 0.755. The van der Waals surface area contributed by atoms with Crippen LogP contribution in [0.5, 0.6) is 0 Å². The van der Waals surface area contributed by atoms with E-state index in [0.717, 1.165) is 0 Å². The van der Waals surface area contributed by atoms with E-state index < -0.39 is 23.8 Å². The van der Waals surface area contributed by atoms with Gasteiger partial charge in [0.1, 0.15) is 0 Å². The molecule has 0 atom stereocenters. The molecule has 0 fully saturated rings. The molecule has 0 aliphatic heterocycles. The van der Waals surface area contributed by atoms with Crippen LogP contribution in [-0.4, -0.2) is 33.0 Å². The molecule has 0 aromatic carbocycles. The van der Waals surface area contributed by atoms with Crippen LogP contribution in [0.25, 0.3) is 0 Å². The van der Waals surface area contributed by atoms with Gasteiger partial charge in [0.25, 0.3) is 0 Å². The molecule has 10 heteroatoms. The first-order valence-electron chi connectivity index (χ1n) is 5.01. The van der Waals surface area contributed by atoms with Crippen molar-refractivity contribution in [2.75, 3.05) is 0 Å². The molecule has 0 spiro atoms. The van der Waals surface area contributed by atoms with Crippen LogP contribution >= 0.6 is 0 Å². The molecule has 0 saturated heterocycles. The van der Waals surface area contributed by atoms with Crippen molar-refractivity contribution in [1.82, 2.24) is 0 Å². The lowest BCUT2D eigenvalue weighted by atomic mass is 10.2. The highest BCUT2D eigenvalue weighted by Crippen LogP contribution is 2.30. The predicted octanol–water partition coefficient (Wildman–Crippen LogP) is 1.51. The van der Waals surface area contributed by atoms with E-state index >= 15 is 0 Å². The Hall–Kier alpha value is -0.400. The third-order valence-corrected chi connectivity index (χ3v) is 2.20. The smallest absolute Gasteiger partial charge is 0.246 e. The van der Waals surface area contributed by atoms with Gasteiger partial charge in [-0.1, -0.05) is 27.7 Å². The molecule has 18 heavy (non-hydrogen) atoms. The lowest BCUT2D eigenvalue weighted by Gasteiger charge is -2.33. The second kappa shape index (κ2) is 7.25. The summed E-state index contributed by atoms with van der Waals surface area (Å²) in [5.41, 5.74) is 0. The van der Waals surface area contributed by atoms with Crippen LogP contribution in [0.1, 0.15) is 27.7 Å². The minimum Gasteiger partial charge on any atom is -0.246 e. The van der Waals surface area contributed by atoms with Crippen molar-refractivity contribution in [2.45, 2.75) is 39.6 Å². The maximum atomic E-state index is 8.63. The Labute approximate surface area is 103 Å². The number of rotatable bonds is 9. The van der Waals surface area contributed by atoms with Gasteiger partial charge in [0.2, 0.25) is 0 Å². The van der Waals surface area contributed by atoms with E-state index in [-0.39, 0.29) is 0 Å². The van der Waals surface area contributed by atoms with Gasteiger partial charge in [-0.2, -0.15) is 29.3 Å². The summed E-state index contributed by atoms with van der Waals surface area (Å²) in [5, 5.41) is 34.5. The molecule has 0 heterocycles. The quantitative estimate of drug-likeness (QED) is 0.278. The van der Waals surface area contributed by atoms with Gasteiger partial charge in [-0.15, -0.1) is 0 Å². The molecule has 0 aromatic rings. The molecule has 0 radical (unpaired) electrons. The third kappa shape index (κ3) is 3.55. The van der Waals surface area contributed by atoms with E-state index in [0.29, 0.717) is 0 Å². The van der Waals surface area contributed by atoms with Crippen LogP contribution in [0.15, 0.2) is 0 Å². The topological polar surface area (TPSA) is 136 Å². The molecular weight excluding hydrogens is 256 g/mol. The molecule has 4 N–H and O–H groups in total. The molecule has 0 amide bonds. The molecule has 110 valence electrons. The highest BCUT2D eigenvalue weighted by Gasteiger charge is 2.48. The fraction of sp³-hybridized carbons (Fsp3) is 1.00. The summed E-state index contributed by atoms with van der Waals surface area (Å²) in [6.07, 6.45) is 0.